The molecule has 130 valence electrons. The van der Waals surface area contributed by atoms with E-state index in [2.05, 4.69) is 20.4 Å². The topological polar surface area (TPSA) is 106 Å². The number of fused-ring (bicyclic) bond motifs is 1. The number of nitrogens with zero attached hydrogens (tertiary/aromatic N) is 4. The molecule has 3 heterocycles. The molecule has 0 atom stereocenters. The number of rotatable bonds is 5. The second-order valence-electron chi connectivity index (χ2n) is 5.31. The van der Waals surface area contributed by atoms with Gasteiger partial charge in [0.05, 0.1) is 11.8 Å². The molecule has 0 spiro atoms. The number of furan rings is 1. The first kappa shape index (κ1) is 16.2. The molecule has 0 aliphatic heterocycles. The summed E-state index contributed by atoms with van der Waals surface area (Å²) in [5.74, 6) is -0.423. The predicted octanol–water partition coefficient (Wildman–Crippen LogP) is 3.57. The number of para-hydroxylation sites is 1. The third kappa shape index (κ3) is 2.78. The van der Waals surface area contributed by atoms with Gasteiger partial charge in [-0.25, -0.2) is 19.4 Å². The third-order valence-corrected chi connectivity index (χ3v) is 4.32. The van der Waals surface area contributed by atoms with E-state index in [4.69, 9.17) is 4.42 Å². The van der Waals surface area contributed by atoms with Gasteiger partial charge in [0.15, 0.2) is 16.8 Å². The van der Waals surface area contributed by atoms with E-state index in [1.54, 1.807) is 23.3 Å². The van der Waals surface area contributed by atoms with Crippen LogP contribution in [0.25, 0.3) is 16.6 Å². The van der Waals surface area contributed by atoms with Crippen LogP contribution in [0.15, 0.2) is 58.6 Å². The van der Waals surface area contributed by atoms with E-state index in [-0.39, 0.29) is 11.4 Å². The molecule has 1 aromatic carbocycles. The molecule has 0 amide bonds. The van der Waals surface area contributed by atoms with Crippen LogP contribution < -0.4 is 5.32 Å². The Balaban J connectivity index is 1.85. The summed E-state index contributed by atoms with van der Waals surface area (Å²) in [7, 11) is 0. The Morgan fingerprint density at radius 1 is 1.27 bits per heavy atom. The molecule has 0 unspecified atom stereocenters. The van der Waals surface area contributed by atoms with Crippen molar-refractivity contribution in [3.8, 4) is 5.69 Å². The first-order chi connectivity index (χ1) is 12.7. The van der Waals surface area contributed by atoms with Gasteiger partial charge in [-0.05, 0) is 18.4 Å². The predicted molar refractivity (Wildman–Crippen MR) is 97.4 cm³/mol. The van der Waals surface area contributed by atoms with Crippen molar-refractivity contribution >= 4 is 40.3 Å². The molecular formula is C17H13N5O3S. The number of nitrogens with one attached hydrogen (secondary N) is 1. The maximum Gasteiger partial charge on any atom is 0.341 e. The molecule has 4 aromatic rings. The number of aromatic carboxylic acids is 1. The molecule has 2 N–H and O–H groups in total. The summed E-state index contributed by atoms with van der Waals surface area (Å²) in [5, 5.41) is 18.3. The quantitative estimate of drug-likeness (QED) is 0.407. The van der Waals surface area contributed by atoms with Crippen LogP contribution in [0.3, 0.4) is 0 Å². The fourth-order valence-electron chi connectivity index (χ4n) is 2.56. The van der Waals surface area contributed by atoms with Crippen molar-refractivity contribution in [3.05, 3.63) is 54.6 Å². The van der Waals surface area contributed by atoms with E-state index < -0.39 is 5.97 Å². The van der Waals surface area contributed by atoms with E-state index in [1.165, 1.54) is 18.0 Å². The van der Waals surface area contributed by atoms with Gasteiger partial charge in [0.1, 0.15) is 17.5 Å². The van der Waals surface area contributed by atoms with Crippen LogP contribution in [0.1, 0.15) is 10.4 Å². The maximum absolute atomic E-state index is 11.5. The molecule has 9 heteroatoms. The highest BCUT2D eigenvalue weighted by Crippen LogP contribution is 2.29. The minimum atomic E-state index is -1.11. The monoisotopic (exact) mass is 367 g/mol. The molecule has 0 radical (unpaired) electrons. The lowest BCUT2D eigenvalue weighted by Gasteiger charge is -2.07. The van der Waals surface area contributed by atoms with Gasteiger partial charge in [0, 0.05) is 17.6 Å². The molecule has 4 rings (SSSR count). The van der Waals surface area contributed by atoms with Gasteiger partial charge in [-0.2, -0.15) is 0 Å². The van der Waals surface area contributed by atoms with Crippen molar-refractivity contribution in [2.24, 2.45) is 0 Å². The zero-order chi connectivity index (χ0) is 18.1. The molecule has 0 saturated carbocycles. The summed E-state index contributed by atoms with van der Waals surface area (Å²) in [6.07, 6.45) is 6.26. The molecule has 0 aliphatic rings. The normalized spacial score (nSPS) is 11.0. The Hall–Kier alpha value is -3.33. The van der Waals surface area contributed by atoms with Crippen molar-refractivity contribution in [3.63, 3.8) is 0 Å². The fraction of sp³-hybridized carbons (Fsp3) is 0.0588. The van der Waals surface area contributed by atoms with Crippen molar-refractivity contribution in [1.82, 2.24) is 19.7 Å². The number of benzene rings is 1. The van der Waals surface area contributed by atoms with Crippen molar-refractivity contribution in [1.29, 1.82) is 0 Å². The zero-order valence-corrected chi connectivity index (χ0v) is 14.4. The van der Waals surface area contributed by atoms with Gasteiger partial charge >= 0.3 is 5.97 Å². The van der Waals surface area contributed by atoms with Crippen LogP contribution in [0.2, 0.25) is 0 Å². The third-order valence-electron chi connectivity index (χ3n) is 3.75. The van der Waals surface area contributed by atoms with E-state index in [1.807, 2.05) is 30.5 Å². The number of aromatic nitrogens is 4. The minimum absolute atomic E-state index is 0.0234. The lowest BCUT2D eigenvalue weighted by atomic mass is 10.2. The van der Waals surface area contributed by atoms with E-state index in [0.717, 1.165) is 16.6 Å². The Labute approximate surface area is 151 Å². The average Bonchev–Trinajstić information content (AvgIpc) is 3.30. The van der Waals surface area contributed by atoms with Gasteiger partial charge in [-0.15, -0.1) is 5.10 Å². The molecule has 3 aromatic heterocycles. The SMILES string of the molecule is CSc1ncc(C(=O)O)c(Nc2nn(-c3ccoc3)c3ccccc23)n1. The van der Waals surface area contributed by atoms with Gasteiger partial charge < -0.3 is 14.8 Å². The van der Waals surface area contributed by atoms with Crippen LogP contribution in [0.4, 0.5) is 11.6 Å². The van der Waals surface area contributed by atoms with Crippen molar-refractivity contribution in [2.45, 2.75) is 5.16 Å². The van der Waals surface area contributed by atoms with Crippen LogP contribution in [0, 0.1) is 0 Å². The smallest absolute Gasteiger partial charge is 0.341 e. The number of hydrogen-bond acceptors (Lipinski definition) is 7. The van der Waals surface area contributed by atoms with E-state index in [0.29, 0.717) is 11.0 Å². The summed E-state index contributed by atoms with van der Waals surface area (Å²) >= 11 is 1.33. The second-order valence-corrected chi connectivity index (χ2v) is 6.08. The average molecular weight is 367 g/mol. The van der Waals surface area contributed by atoms with Gasteiger partial charge in [0.2, 0.25) is 0 Å². The molecule has 0 bridgehead atoms. The lowest BCUT2D eigenvalue weighted by molar-refractivity contribution is 0.0697. The van der Waals surface area contributed by atoms with E-state index in [9.17, 15) is 9.90 Å². The Morgan fingerprint density at radius 2 is 2.12 bits per heavy atom. The summed E-state index contributed by atoms with van der Waals surface area (Å²) in [6.45, 7) is 0. The summed E-state index contributed by atoms with van der Waals surface area (Å²) in [6, 6.07) is 9.41. The maximum atomic E-state index is 11.5. The summed E-state index contributed by atoms with van der Waals surface area (Å²) in [5.41, 5.74) is 1.59. The van der Waals surface area contributed by atoms with Crippen LogP contribution in [-0.4, -0.2) is 37.1 Å². The van der Waals surface area contributed by atoms with Crippen molar-refractivity contribution < 1.29 is 14.3 Å². The number of anilines is 2. The zero-order valence-electron chi connectivity index (χ0n) is 13.6. The highest BCUT2D eigenvalue weighted by molar-refractivity contribution is 7.98. The molecule has 8 nitrogen and oxygen atoms in total. The molecule has 26 heavy (non-hydrogen) atoms. The van der Waals surface area contributed by atoms with Crippen molar-refractivity contribution in [2.75, 3.05) is 11.6 Å². The number of carboxylic acids is 1. The number of carbonyl (C=O) groups is 1. The van der Waals surface area contributed by atoms with Crippen LogP contribution in [-0.2, 0) is 0 Å². The second kappa shape index (κ2) is 6.52. The van der Waals surface area contributed by atoms with Crippen LogP contribution in [0.5, 0.6) is 0 Å². The highest BCUT2D eigenvalue weighted by Gasteiger charge is 2.18. The highest BCUT2D eigenvalue weighted by atomic mass is 32.2. The fourth-order valence-corrected chi connectivity index (χ4v) is 2.90. The number of thioether (sulfide) groups is 1. The molecular weight excluding hydrogens is 354 g/mol. The van der Waals surface area contributed by atoms with Gasteiger partial charge in [-0.1, -0.05) is 23.9 Å². The Bertz CT molecular complexity index is 1090. The van der Waals surface area contributed by atoms with Crippen LogP contribution >= 0.6 is 11.8 Å². The lowest BCUT2D eigenvalue weighted by Crippen LogP contribution is -2.07. The minimum Gasteiger partial charge on any atom is -0.477 e. The number of hydrogen-bond donors (Lipinski definition) is 2. The standard InChI is InChI=1S/C17H13N5O3S/c1-26-17-18-8-12(16(23)24)14(20-17)19-15-11-4-2-3-5-13(11)22(21-15)10-6-7-25-9-10/h2-9H,1H3,(H,23,24)(H,18,19,20,21). The molecule has 0 aliphatic carbocycles. The first-order valence-corrected chi connectivity index (χ1v) is 8.81. The Morgan fingerprint density at radius 3 is 2.85 bits per heavy atom. The van der Waals surface area contributed by atoms with E-state index >= 15 is 0 Å². The van der Waals surface area contributed by atoms with Gasteiger partial charge in [0.25, 0.3) is 0 Å². The molecule has 0 fully saturated rings. The number of carboxylic acid groups (broad SMARTS) is 1. The molecule has 0 saturated heterocycles. The first-order valence-electron chi connectivity index (χ1n) is 7.59. The summed E-state index contributed by atoms with van der Waals surface area (Å²) < 4.78 is 6.86. The Kier molecular flexibility index (Phi) is 4.05. The summed E-state index contributed by atoms with van der Waals surface area (Å²) in [4.78, 5) is 19.8. The largest absolute Gasteiger partial charge is 0.477 e. The van der Waals surface area contributed by atoms with Gasteiger partial charge in [-0.3, -0.25) is 0 Å².